The van der Waals surface area contributed by atoms with Gasteiger partial charge in [0.1, 0.15) is 12.1 Å². The van der Waals surface area contributed by atoms with E-state index in [0.29, 0.717) is 19.0 Å². The van der Waals surface area contributed by atoms with Crippen LogP contribution in [-0.2, 0) is 4.79 Å². The maximum atomic E-state index is 11.1. The van der Waals surface area contributed by atoms with Gasteiger partial charge in [0.05, 0.1) is 12.5 Å². The molecule has 2 rings (SSSR count). The van der Waals surface area contributed by atoms with E-state index in [1.165, 1.54) is 6.33 Å². The third kappa shape index (κ3) is 2.64. The van der Waals surface area contributed by atoms with Crippen molar-refractivity contribution in [2.24, 2.45) is 11.7 Å². The number of aromatic nitrogens is 2. The topological polar surface area (TPSA) is 81.3 Å². The highest BCUT2D eigenvalue weighted by Gasteiger charge is 2.27. The fourth-order valence-electron chi connectivity index (χ4n) is 1.93. The molecular formula is C11H16N4O2. The summed E-state index contributed by atoms with van der Waals surface area (Å²) in [7, 11) is 0. The Balaban J connectivity index is 2.08. The van der Waals surface area contributed by atoms with Gasteiger partial charge in [0.2, 0.25) is 11.8 Å². The van der Waals surface area contributed by atoms with Crippen LogP contribution >= 0.6 is 0 Å². The smallest absolute Gasteiger partial charge is 0.222 e. The van der Waals surface area contributed by atoms with Gasteiger partial charge in [0, 0.05) is 19.2 Å². The van der Waals surface area contributed by atoms with E-state index in [4.69, 9.17) is 10.5 Å². The first-order valence-corrected chi connectivity index (χ1v) is 5.69. The number of carbonyl (C=O) groups excluding carboxylic acids is 1. The van der Waals surface area contributed by atoms with E-state index in [1.807, 2.05) is 11.8 Å². The molecule has 6 nitrogen and oxygen atoms in total. The van der Waals surface area contributed by atoms with E-state index in [2.05, 4.69) is 9.97 Å². The average molecular weight is 236 g/mol. The molecule has 0 aromatic carbocycles. The summed E-state index contributed by atoms with van der Waals surface area (Å²) in [4.78, 5) is 21.3. The minimum Gasteiger partial charge on any atom is -0.478 e. The molecule has 1 amide bonds. The number of amides is 1. The Morgan fingerprint density at radius 3 is 3.12 bits per heavy atom. The van der Waals surface area contributed by atoms with E-state index in [1.54, 1.807) is 6.07 Å². The first kappa shape index (κ1) is 11.6. The Morgan fingerprint density at radius 2 is 2.47 bits per heavy atom. The van der Waals surface area contributed by atoms with E-state index in [9.17, 15) is 4.79 Å². The molecule has 0 saturated carbocycles. The molecule has 2 heterocycles. The molecule has 0 bridgehead atoms. The fourth-order valence-corrected chi connectivity index (χ4v) is 1.93. The van der Waals surface area contributed by atoms with Crippen molar-refractivity contribution in [2.45, 2.75) is 13.3 Å². The molecule has 1 saturated heterocycles. The van der Waals surface area contributed by atoms with Crippen molar-refractivity contribution in [3.05, 3.63) is 12.4 Å². The molecule has 1 atom stereocenters. The fraction of sp³-hybridized carbons (Fsp3) is 0.545. The summed E-state index contributed by atoms with van der Waals surface area (Å²) >= 11 is 0. The van der Waals surface area contributed by atoms with Crippen molar-refractivity contribution < 1.29 is 9.53 Å². The second kappa shape index (κ2) is 4.99. The van der Waals surface area contributed by atoms with Crippen molar-refractivity contribution in [1.82, 2.24) is 9.97 Å². The van der Waals surface area contributed by atoms with Gasteiger partial charge in [-0.1, -0.05) is 0 Å². The van der Waals surface area contributed by atoms with Gasteiger partial charge in [-0.15, -0.1) is 0 Å². The van der Waals surface area contributed by atoms with Crippen LogP contribution in [0, 0.1) is 5.92 Å². The number of ether oxygens (including phenoxy) is 1. The van der Waals surface area contributed by atoms with Crippen molar-refractivity contribution in [3.8, 4) is 5.88 Å². The van der Waals surface area contributed by atoms with Gasteiger partial charge in [0.15, 0.2) is 0 Å². The first-order chi connectivity index (χ1) is 8.20. The molecule has 1 fully saturated rings. The predicted octanol–water partition coefficient (Wildman–Crippen LogP) is 0.187. The number of carbonyl (C=O) groups is 1. The van der Waals surface area contributed by atoms with E-state index in [-0.39, 0.29) is 11.8 Å². The Morgan fingerprint density at radius 1 is 1.65 bits per heavy atom. The van der Waals surface area contributed by atoms with Gasteiger partial charge in [0.25, 0.3) is 0 Å². The molecule has 17 heavy (non-hydrogen) atoms. The molecule has 1 aliphatic rings. The normalized spacial score (nSPS) is 19.4. The van der Waals surface area contributed by atoms with Crippen LogP contribution in [-0.4, -0.2) is 35.6 Å². The zero-order valence-corrected chi connectivity index (χ0v) is 9.80. The van der Waals surface area contributed by atoms with Crippen molar-refractivity contribution >= 4 is 11.7 Å². The van der Waals surface area contributed by atoms with Crippen molar-refractivity contribution in [2.75, 3.05) is 24.6 Å². The summed E-state index contributed by atoms with van der Waals surface area (Å²) in [5, 5.41) is 0. The molecule has 1 aromatic rings. The summed E-state index contributed by atoms with van der Waals surface area (Å²) < 4.78 is 5.31. The highest BCUT2D eigenvalue weighted by molar-refractivity contribution is 5.78. The molecule has 6 heteroatoms. The number of hydrogen-bond donors (Lipinski definition) is 1. The monoisotopic (exact) mass is 236 g/mol. The molecule has 1 unspecified atom stereocenters. The Labute approximate surface area is 99.8 Å². The zero-order valence-electron chi connectivity index (χ0n) is 9.80. The highest BCUT2D eigenvalue weighted by Crippen LogP contribution is 2.23. The standard InChI is InChI=1S/C11H16N4O2/c1-2-17-10-5-9(13-7-14-10)15-4-3-8(6-15)11(12)16/h5,7-8H,2-4,6H2,1H3,(H2,12,16). The van der Waals surface area contributed by atoms with Crippen LogP contribution in [0.1, 0.15) is 13.3 Å². The maximum Gasteiger partial charge on any atom is 0.222 e. The Bertz CT molecular complexity index is 410. The number of hydrogen-bond acceptors (Lipinski definition) is 5. The van der Waals surface area contributed by atoms with Crippen LogP contribution < -0.4 is 15.4 Å². The van der Waals surface area contributed by atoms with Crippen molar-refractivity contribution in [1.29, 1.82) is 0 Å². The molecule has 1 aliphatic heterocycles. The van der Waals surface area contributed by atoms with Gasteiger partial charge in [-0.2, -0.15) is 0 Å². The van der Waals surface area contributed by atoms with Gasteiger partial charge < -0.3 is 15.4 Å². The molecule has 0 aliphatic carbocycles. The minimum absolute atomic E-state index is 0.0829. The summed E-state index contributed by atoms with van der Waals surface area (Å²) in [5.74, 6) is 1.01. The third-order valence-corrected chi connectivity index (χ3v) is 2.83. The minimum atomic E-state index is -0.244. The number of nitrogens with zero attached hydrogens (tertiary/aromatic N) is 3. The predicted molar refractivity (Wildman–Crippen MR) is 62.7 cm³/mol. The van der Waals surface area contributed by atoms with Crippen LogP contribution in [0.25, 0.3) is 0 Å². The second-order valence-corrected chi connectivity index (χ2v) is 3.98. The lowest BCUT2D eigenvalue weighted by molar-refractivity contribution is -0.121. The quantitative estimate of drug-likeness (QED) is 0.806. The number of anilines is 1. The highest BCUT2D eigenvalue weighted by atomic mass is 16.5. The summed E-state index contributed by atoms with van der Waals surface area (Å²) in [5.41, 5.74) is 5.29. The Kier molecular flexibility index (Phi) is 3.41. The van der Waals surface area contributed by atoms with Gasteiger partial charge >= 0.3 is 0 Å². The van der Waals surface area contributed by atoms with Crippen LogP contribution in [0.4, 0.5) is 5.82 Å². The summed E-state index contributed by atoms with van der Waals surface area (Å²) in [6, 6.07) is 1.78. The Hall–Kier alpha value is -1.85. The van der Waals surface area contributed by atoms with Gasteiger partial charge in [-0.25, -0.2) is 9.97 Å². The van der Waals surface area contributed by atoms with E-state index in [0.717, 1.165) is 18.8 Å². The lowest BCUT2D eigenvalue weighted by Gasteiger charge is -2.17. The number of primary amides is 1. The SMILES string of the molecule is CCOc1cc(N2CCC(C(N)=O)C2)ncn1. The molecule has 92 valence electrons. The summed E-state index contributed by atoms with van der Waals surface area (Å²) in [6.07, 6.45) is 2.25. The first-order valence-electron chi connectivity index (χ1n) is 5.69. The lowest BCUT2D eigenvalue weighted by atomic mass is 10.1. The van der Waals surface area contributed by atoms with Crippen molar-refractivity contribution in [3.63, 3.8) is 0 Å². The third-order valence-electron chi connectivity index (χ3n) is 2.83. The average Bonchev–Trinajstić information content (AvgIpc) is 2.79. The van der Waals surface area contributed by atoms with Gasteiger partial charge in [-0.3, -0.25) is 4.79 Å². The molecule has 1 aromatic heterocycles. The molecular weight excluding hydrogens is 220 g/mol. The van der Waals surface area contributed by atoms with E-state index < -0.39 is 0 Å². The molecule has 0 spiro atoms. The summed E-state index contributed by atoms with van der Waals surface area (Å²) in [6.45, 7) is 3.88. The van der Waals surface area contributed by atoms with Crippen LogP contribution in [0.5, 0.6) is 5.88 Å². The van der Waals surface area contributed by atoms with Crippen LogP contribution in [0.2, 0.25) is 0 Å². The number of rotatable bonds is 4. The molecule has 0 radical (unpaired) electrons. The van der Waals surface area contributed by atoms with Gasteiger partial charge in [-0.05, 0) is 13.3 Å². The molecule has 2 N–H and O–H groups in total. The second-order valence-electron chi connectivity index (χ2n) is 3.98. The largest absolute Gasteiger partial charge is 0.478 e. The lowest BCUT2D eigenvalue weighted by Crippen LogP contribution is -2.27. The maximum absolute atomic E-state index is 11.1. The van der Waals surface area contributed by atoms with Crippen LogP contribution in [0.3, 0.4) is 0 Å². The zero-order chi connectivity index (χ0) is 12.3. The number of nitrogens with two attached hydrogens (primary N) is 1. The van der Waals surface area contributed by atoms with Crippen LogP contribution in [0.15, 0.2) is 12.4 Å². The van der Waals surface area contributed by atoms with E-state index >= 15 is 0 Å².